The Balaban J connectivity index is 4.43. The molecule has 0 amide bonds. The molecule has 5 heteroatoms. The fourth-order valence-electron chi connectivity index (χ4n) is 1.06. The number of alkyl halides is 1. The molecule has 0 heterocycles. The number of hydrogen-bond donors (Lipinski definition) is 0. The molecule has 0 aliphatic heterocycles. The van der Waals surface area contributed by atoms with Crippen LogP contribution in [0.2, 0.25) is 0 Å². The molecule has 4 nitrogen and oxygen atoms in total. The molecule has 0 unspecified atom stereocenters. The van der Waals surface area contributed by atoms with Crippen LogP contribution >= 0.6 is 11.6 Å². The Morgan fingerprint density at radius 3 is 1.47 bits per heavy atom. The molecule has 0 aliphatic carbocycles. The summed E-state index contributed by atoms with van der Waals surface area (Å²) in [6.45, 7) is 13.4. The van der Waals surface area contributed by atoms with E-state index >= 15 is 0 Å². The Morgan fingerprint density at radius 1 is 0.737 bits per heavy atom. The maximum atomic E-state index is 6.29. The molecule has 0 aromatic heterocycles. The van der Waals surface area contributed by atoms with Crippen molar-refractivity contribution in [3.05, 3.63) is 0 Å². The zero-order valence-electron chi connectivity index (χ0n) is 13.3. The van der Waals surface area contributed by atoms with Gasteiger partial charge in [0, 0.05) is 6.42 Å². The number of hydrogen-bond acceptors (Lipinski definition) is 4. The molecule has 0 aromatic rings. The smallest absolute Gasteiger partial charge is 0.227 e. The van der Waals surface area contributed by atoms with Crippen LogP contribution in [-0.4, -0.2) is 16.4 Å². The van der Waals surface area contributed by atoms with E-state index in [9.17, 15) is 0 Å². The van der Waals surface area contributed by atoms with Gasteiger partial charge in [-0.1, -0.05) is 31.4 Å². The maximum Gasteiger partial charge on any atom is 0.307 e. The van der Waals surface area contributed by atoms with E-state index in [1.165, 1.54) is 0 Å². The summed E-state index contributed by atoms with van der Waals surface area (Å²) in [5.74, 6) is 0. The van der Waals surface area contributed by atoms with Crippen LogP contribution in [0.5, 0.6) is 0 Å². The lowest BCUT2D eigenvalue weighted by atomic mass is 10.2. The van der Waals surface area contributed by atoms with Gasteiger partial charge in [0.15, 0.2) is 0 Å². The molecule has 0 bridgehead atoms. The summed E-state index contributed by atoms with van der Waals surface area (Å²) in [7, 11) is 0. The van der Waals surface area contributed by atoms with E-state index in [0.29, 0.717) is 6.42 Å². The van der Waals surface area contributed by atoms with Crippen LogP contribution in [0.1, 0.15) is 74.1 Å². The van der Waals surface area contributed by atoms with E-state index in [1.54, 1.807) is 0 Å². The molecule has 0 radical (unpaired) electrons. The predicted octanol–water partition coefficient (Wildman–Crippen LogP) is 4.95. The fourth-order valence-corrected chi connectivity index (χ4v) is 1.25. The van der Waals surface area contributed by atoms with Gasteiger partial charge >= 0.3 is 5.25 Å². The Labute approximate surface area is 122 Å². The predicted molar refractivity (Wildman–Crippen MR) is 76.6 cm³/mol. The van der Waals surface area contributed by atoms with Crippen LogP contribution in [-0.2, 0) is 19.6 Å². The van der Waals surface area contributed by atoms with Gasteiger partial charge in [0.05, 0.1) is 11.2 Å². The molecule has 0 saturated carbocycles. The first-order chi connectivity index (χ1) is 8.47. The lowest BCUT2D eigenvalue weighted by molar-refractivity contribution is -0.515. The molecule has 0 aliphatic rings. The second-order valence-electron chi connectivity index (χ2n) is 6.68. The first-order valence-electron chi connectivity index (χ1n) is 6.90. The lowest BCUT2D eigenvalue weighted by Crippen LogP contribution is -2.36. The highest BCUT2D eigenvalue weighted by Crippen LogP contribution is 2.30. The monoisotopic (exact) mass is 296 g/mol. The van der Waals surface area contributed by atoms with E-state index in [1.807, 2.05) is 41.5 Å². The van der Waals surface area contributed by atoms with Crippen molar-refractivity contribution in [3.63, 3.8) is 0 Å². The summed E-state index contributed by atoms with van der Waals surface area (Å²) in [6.07, 6.45) is 3.51. The number of rotatable bonds is 8. The largest absolute Gasteiger partial charge is 0.307 e. The van der Waals surface area contributed by atoms with Crippen molar-refractivity contribution in [2.45, 2.75) is 90.6 Å². The van der Waals surface area contributed by atoms with Crippen molar-refractivity contribution in [2.24, 2.45) is 0 Å². The SMILES string of the molecule is CCCCCC(Cl)(OOC(C)(C)C)OOC(C)(C)C. The van der Waals surface area contributed by atoms with E-state index < -0.39 is 16.4 Å². The van der Waals surface area contributed by atoms with Gasteiger partial charge in [0.25, 0.3) is 0 Å². The molecule has 116 valence electrons. The van der Waals surface area contributed by atoms with Crippen molar-refractivity contribution in [1.82, 2.24) is 0 Å². The van der Waals surface area contributed by atoms with Gasteiger partial charge < -0.3 is 0 Å². The minimum absolute atomic E-state index is 0.462. The molecule has 0 N–H and O–H groups in total. The van der Waals surface area contributed by atoms with Crippen LogP contribution in [0.3, 0.4) is 0 Å². The first-order valence-corrected chi connectivity index (χ1v) is 7.28. The molecule has 0 fully saturated rings. The van der Waals surface area contributed by atoms with E-state index in [2.05, 4.69) is 6.92 Å². The Hall–Kier alpha value is 0.130. The summed E-state index contributed by atoms with van der Waals surface area (Å²) in [6, 6.07) is 0. The molecule has 0 saturated heterocycles. The summed E-state index contributed by atoms with van der Waals surface area (Å²) in [5.41, 5.74) is -0.925. The highest BCUT2D eigenvalue weighted by Gasteiger charge is 2.35. The van der Waals surface area contributed by atoms with Crippen LogP contribution in [0.15, 0.2) is 0 Å². The third kappa shape index (κ3) is 11.6. The second-order valence-corrected chi connectivity index (χ2v) is 7.25. The van der Waals surface area contributed by atoms with Gasteiger partial charge in [-0.25, -0.2) is 9.78 Å². The zero-order chi connectivity index (χ0) is 15.2. The topological polar surface area (TPSA) is 36.9 Å². The zero-order valence-corrected chi connectivity index (χ0v) is 14.1. The molecule has 19 heavy (non-hydrogen) atoms. The van der Waals surface area contributed by atoms with E-state index in [4.69, 9.17) is 31.2 Å². The lowest BCUT2D eigenvalue weighted by Gasteiger charge is -2.30. The van der Waals surface area contributed by atoms with E-state index in [0.717, 1.165) is 19.3 Å². The first kappa shape index (κ1) is 19.1. The number of halogens is 1. The summed E-state index contributed by atoms with van der Waals surface area (Å²) < 4.78 is 0. The van der Waals surface area contributed by atoms with Gasteiger partial charge in [0.1, 0.15) is 0 Å². The minimum atomic E-state index is -1.41. The standard InChI is InChI=1S/C14H29ClO4/c1-8-9-10-11-14(15,18-16-12(2,3)4)19-17-13(5,6)7/h8-11H2,1-7H3. The van der Waals surface area contributed by atoms with Crippen molar-refractivity contribution in [1.29, 1.82) is 0 Å². The quantitative estimate of drug-likeness (QED) is 0.209. The normalized spacial score (nSPS) is 13.9. The highest BCUT2D eigenvalue weighted by molar-refractivity contribution is 6.21. The molecular weight excluding hydrogens is 268 g/mol. The third-order valence-electron chi connectivity index (χ3n) is 1.91. The van der Waals surface area contributed by atoms with Crippen molar-refractivity contribution in [3.8, 4) is 0 Å². The average molecular weight is 297 g/mol. The summed E-state index contributed by atoms with van der Waals surface area (Å²) in [5, 5.41) is -1.41. The maximum absolute atomic E-state index is 6.29. The fraction of sp³-hybridized carbons (Fsp3) is 1.00. The van der Waals surface area contributed by atoms with Crippen molar-refractivity contribution < 1.29 is 19.6 Å². The Kier molecular flexibility index (Phi) is 7.85. The van der Waals surface area contributed by atoms with Crippen molar-refractivity contribution in [2.75, 3.05) is 0 Å². The minimum Gasteiger partial charge on any atom is -0.227 e. The van der Waals surface area contributed by atoms with Crippen molar-refractivity contribution >= 4 is 11.6 Å². The van der Waals surface area contributed by atoms with Crippen LogP contribution in [0.4, 0.5) is 0 Å². The Morgan fingerprint density at radius 2 is 1.16 bits per heavy atom. The van der Waals surface area contributed by atoms with Gasteiger partial charge in [-0.05, 0) is 48.0 Å². The molecular formula is C14H29ClO4. The van der Waals surface area contributed by atoms with Crippen LogP contribution < -0.4 is 0 Å². The number of unbranched alkanes of at least 4 members (excludes halogenated alkanes) is 2. The Bertz CT molecular complexity index is 225. The second kappa shape index (κ2) is 7.79. The van der Waals surface area contributed by atoms with Gasteiger partial charge in [-0.15, -0.1) is 0 Å². The summed E-state index contributed by atoms with van der Waals surface area (Å²) >= 11 is 6.29. The summed E-state index contributed by atoms with van der Waals surface area (Å²) in [4.78, 5) is 21.0. The molecule has 0 rings (SSSR count). The molecule has 0 aromatic carbocycles. The van der Waals surface area contributed by atoms with Crippen LogP contribution in [0, 0.1) is 0 Å². The molecule has 0 spiro atoms. The third-order valence-corrected chi connectivity index (χ3v) is 2.23. The average Bonchev–Trinajstić information content (AvgIpc) is 2.23. The van der Waals surface area contributed by atoms with Gasteiger partial charge in [-0.3, -0.25) is 0 Å². The van der Waals surface area contributed by atoms with Gasteiger partial charge in [0.2, 0.25) is 0 Å². The van der Waals surface area contributed by atoms with Gasteiger partial charge in [-0.2, -0.15) is 9.78 Å². The molecule has 0 atom stereocenters. The van der Waals surface area contributed by atoms with E-state index in [-0.39, 0.29) is 0 Å². The van der Waals surface area contributed by atoms with Crippen LogP contribution in [0.25, 0.3) is 0 Å². The highest BCUT2D eigenvalue weighted by atomic mass is 35.5.